The minimum Gasteiger partial charge on any atom is -0.382 e. The molecule has 1 aromatic heterocycles. The van der Waals surface area contributed by atoms with E-state index in [-0.39, 0.29) is 5.91 Å². The highest BCUT2D eigenvalue weighted by molar-refractivity contribution is 5.92. The number of rotatable bonds is 2. The molecule has 1 amide bonds. The predicted octanol–water partition coefficient (Wildman–Crippen LogP) is 1.15. The van der Waals surface area contributed by atoms with Crippen molar-refractivity contribution in [2.75, 3.05) is 31.9 Å². The van der Waals surface area contributed by atoms with Crippen molar-refractivity contribution < 1.29 is 4.79 Å². The van der Waals surface area contributed by atoms with Gasteiger partial charge in [-0.3, -0.25) is 4.79 Å². The molecule has 2 aliphatic rings. The maximum Gasteiger partial charge on any atom is 0.274 e. The van der Waals surface area contributed by atoms with Crippen LogP contribution in [0.4, 0.5) is 5.82 Å². The number of amides is 1. The van der Waals surface area contributed by atoms with Crippen LogP contribution in [0.5, 0.6) is 0 Å². The standard InChI is InChI=1S/C15H23N5O/c16-14-5-4-13(17-18-14)15(21)20-10-6-12(7-11-20)19-8-2-1-3-9-19/h4-5,12H,1-3,6-11H2,(H2,16,18). The Bertz CT molecular complexity index is 475. The van der Waals surface area contributed by atoms with Crippen molar-refractivity contribution in [1.82, 2.24) is 20.0 Å². The monoisotopic (exact) mass is 289 g/mol. The second kappa shape index (κ2) is 6.39. The van der Waals surface area contributed by atoms with E-state index in [0.29, 0.717) is 17.6 Å². The Balaban J connectivity index is 1.55. The van der Waals surface area contributed by atoms with Gasteiger partial charge in [0, 0.05) is 19.1 Å². The molecule has 0 aromatic carbocycles. The molecule has 0 radical (unpaired) electrons. The number of hydrogen-bond donors (Lipinski definition) is 1. The summed E-state index contributed by atoms with van der Waals surface area (Å²) >= 11 is 0. The van der Waals surface area contributed by atoms with Crippen LogP contribution in [-0.4, -0.2) is 58.1 Å². The Morgan fingerprint density at radius 2 is 1.76 bits per heavy atom. The van der Waals surface area contributed by atoms with Crippen LogP contribution >= 0.6 is 0 Å². The summed E-state index contributed by atoms with van der Waals surface area (Å²) in [6.07, 6.45) is 6.13. The zero-order valence-corrected chi connectivity index (χ0v) is 12.4. The molecule has 2 aliphatic heterocycles. The van der Waals surface area contributed by atoms with Crippen LogP contribution in [0, 0.1) is 0 Å². The third-order valence-electron chi connectivity index (χ3n) is 4.56. The van der Waals surface area contributed by atoms with Crippen molar-refractivity contribution >= 4 is 11.7 Å². The molecular weight excluding hydrogens is 266 g/mol. The summed E-state index contributed by atoms with van der Waals surface area (Å²) in [5, 5.41) is 7.64. The summed E-state index contributed by atoms with van der Waals surface area (Å²) in [4.78, 5) is 16.9. The molecule has 0 atom stereocenters. The third-order valence-corrected chi connectivity index (χ3v) is 4.56. The molecule has 2 saturated heterocycles. The molecule has 2 fully saturated rings. The van der Waals surface area contributed by atoms with Crippen LogP contribution in [0.2, 0.25) is 0 Å². The minimum atomic E-state index is -0.0282. The molecule has 3 heterocycles. The zero-order chi connectivity index (χ0) is 14.7. The summed E-state index contributed by atoms with van der Waals surface area (Å²) in [7, 11) is 0. The van der Waals surface area contributed by atoms with Crippen LogP contribution in [0.15, 0.2) is 12.1 Å². The van der Waals surface area contributed by atoms with Crippen molar-refractivity contribution in [1.29, 1.82) is 0 Å². The Hall–Kier alpha value is -1.69. The molecule has 0 spiro atoms. The van der Waals surface area contributed by atoms with Crippen molar-refractivity contribution in [3.63, 3.8) is 0 Å². The Morgan fingerprint density at radius 1 is 1.05 bits per heavy atom. The van der Waals surface area contributed by atoms with Gasteiger partial charge in [-0.05, 0) is 50.9 Å². The lowest BCUT2D eigenvalue weighted by molar-refractivity contribution is 0.0584. The van der Waals surface area contributed by atoms with Crippen molar-refractivity contribution in [2.24, 2.45) is 0 Å². The van der Waals surface area contributed by atoms with E-state index in [4.69, 9.17) is 5.73 Å². The van der Waals surface area contributed by atoms with Crippen LogP contribution in [0.1, 0.15) is 42.6 Å². The summed E-state index contributed by atoms with van der Waals surface area (Å²) < 4.78 is 0. The molecule has 21 heavy (non-hydrogen) atoms. The first-order valence-electron chi connectivity index (χ1n) is 7.86. The number of carbonyl (C=O) groups excluding carboxylic acids is 1. The summed E-state index contributed by atoms with van der Waals surface area (Å²) in [6, 6.07) is 3.93. The fourth-order valence-electron chi connectivity index (χ4n) is 3.34. The van der Waals surface area contributed by atoms with Crippen molar-refractivity contribution in [3.05, 3.63) is 17.8 Å². The van der Waals surface area contributed by atoms with Gasteiger partial charge in [0.05, 0.1) is 0 Å². The maximum atomic E-state index is 12.4. The molecule has 0 saturated carbocycles. The maximum absolute atomic E-state index is 12.4. The van der Waals surface area contributed by atoms with E-state index in [1.54, 1.807) is 12.1 Å². The number of nitrogens with zero attached hydrogens (tertiary/aromatic N) is 4. The molecule has 0 aliphatic carbocycles. The quantitative estimate of drug-likeness (QED) is 0.884. The summed E-state index contributed by atoms with van der Waals surface area (Å²) in [5.74, 6) is 0.315. The molecule has 114 valence electrons. The van der Waals surface area contributed by atoms with Crippen molar-refractivity contribution in [3.8, 4) is 0 Å². The molecule has 0 unspecified atom stereocenters. The lowest BCUT2D eigenvalue weighted by Crippen LogP contribution is -2.48. The lowest BCUT2D eigenvalue weighted by Gasteiger charge is -2.40. The van der Waals surface area contributed by atoms with E-state index in [9.17, 15) is 4.79 Å². The van der Waals surface area contributed by atoms with E-state index in [0.717, 1.165) is 25.9 Å². The second-order valence-corrected chi connectivity index (χ2v) is 5.96. The highest BCUT2D eigenvalue weighted by Gasteiger charge is 2.28. The van der Waals surface area contributed by atoms with Gasteiger partial charge in [0.2, 0.25) is 0 Å². The average Bonchev–Trinajstić information content (AvgIpc) is 2.56. The zero-order valence-electron chi connectivity index (χ0n) is 12.4. The van der Waals surface area contributed by atoms with Gasteiger partial charge in [-0.15, -0.1) is 10.2 Å². The normalized spacial score (nSPS) is 21.4. The molecule has 2 N–H and O–H groups in total. The van der Waals surface area contributed by atoms with Gasteiger partial charge in [-0.1, -0.05) is 6.42 Å². The predicted molar refractivity (Wildman–Crippen MR) is 80.8 cm³/mol. The van der Waals surface area contributed by atoms with E-state index in [2.05, 4.69) is 15.1 Å². The van der Waals surface area contributed by atoms with Gasteiger partial charge in [-0.25, -0.2) is 0 Å². The number of nitrogen functional groups attached to an aromatic ring is 1. The number of anilines is 1. The number of aromatic nitrogens is 2. The minimum absolute atomic E-state index is 0.0282. The first-order chi connectivity index (χ1) is 10.2. The first-order valence-corrected chi connectivity index (χ1v) is 7.86. The largest absolute Gasteiger partial charge is 0.382 e. The van der Waals surface area contributed by atoms with Gasteiger partial charge in [0.25, 0.3) is 5.91 Å². The average molecular weight is 289 g/mol. The Labute approximate surface area is 125 Å². The summed E-state index contributed by atoms with van der Waals surface area (Å²) in [6.45, 7) is 4.07. The smallest absolute Gasteiger partial charge is 0.274 e. The number of piperidine rings is 2. The fraction of sp³-hybridized carbons (Fsp3) is 0.667. The number of hydrogen-bond acceptors (Lipinski definition) is 5. The molecule has 6 nitrogen and oxygen atoms in total. The van der Waals surface area contributed by atoms with Gasteiger partial charge in [0.15, 0.2) is 5.69 Å². The van der Waals surface area contributed by atoms with Crippen molar-refractivity contribution in [2.45, 2.75) is 38.1 Å². The van der Waals surface area contributed by atoms with Gasteiger partial charge < -0.3 is 15.5 Å². The fourth-order valence-corrected chi connectivity index (χ4v) is 3.34. The van der Waals surface area contributed by atoms with Gasteiger partial charge in [-0.2, -0.15) is 0 Å². The Morgan fingerprint density at radius 3 is 2.38 bits per heavy atom. The molecule has 3 rings (SSSR count). The van der Waals surface area contributed by atoms with Crippen LogP contribution in [-0.2, 0) is 0 Å². The number of carbonyl (C=O) groups is 1. The third kappa shape index (κ3) is 3.32. The van der Waals surface area contributed by atoms with E-state index in [1.165, 1.54) is 32.4 Å². The SMILES string of the molecule is Nc1ccc(C(=O)N2CCC(N3CCCCC3)CC2)nn1. The van der Waals surface area contributed by atoms with E-state index < -0.39 is 0 Å². The molecular formula is C15H23N5O. The van der Waals surface area contributed by atoms with E-state index in [1.807, 2.05) is 4.90 Å². The highest BCUT2D eigenvalue weighted by Crippen LogP contribution is 2.21. The summed E-state index contributed by atoms with van der Waals surface area (Å²) in [5.41, 5.74) is 5.89. The highest BCUT2D eigenvalue weighted by atomic mass is 16.2. The Kier molecular flexibility index (Phi) is 4.34. The molecule has 1 aromatic rings. The van der Waals surface area contributed by atoms with Crippen LogP contribution < -0.4 is 5.73 Å². The number of likely N-dealkylation sites (tertiary alicyclic amines) is 2. The molecule has 6 heteroatoms. The van der Waals surface area contributed by atoms with Gasteiger partial charge in [0.1, 0.15) is 5.82 Å². The molecule has 0 bridgehead atoms. The van der Waals surface area contributed by atoms with E-state index >= 15 is 0 Å². The lowest BCUT2D eigenvalue weighted by atomic mass is 9.99. The second-order valence-electron chi connectivity index (χ2n) is 5.96. The van der Waals surface area contributed by atoms with Crippen LogP contribution in [0.3, 0.4) is 0 Å². The van der Waals surface area contributed by atoms with Crippen LogP contribution in [0.25, 0.3) is 0 Å². The topological polar surface area (TPSA) is 75.4 Å². The first kappa shape index (κ1) is 14.3. The van der Waals surface area contributed by atoms with Gasteiger partial charge >= 0.3 is 0 Å². The number of nitrogens with two attached hydrogens (primary N) is 1.